The molecular formula is C14H27N3O3. The van der Waals surface area contributed by atoms with Crippen LogP contribution in [0.2, 0.25) is 0 Å². The first-order valence-corrected chi connectivity index (χ1v) is 7.53. The van der Waals surface area contributed by atoms with E-state index in [1.54, 1.807) is 6.92 Å². The number of carbonyl (C=O) groups is 2. The molecule has 20 heavy (non-hydrogen) atoms. The van der Waals surface area contributed by atoms with Crippen molar-refractivity contribution in [1.29, 1.82) is 0 Å². The number of esters is 1. The van der Waals surface area contributed by atoms with E-state index in [9.17, 15) is 9.59 Å². The first kappa shape index (κ1) is 16.9. The molecule has 1 aliphatic rings. The van der Waals surface area contributed by atoms with Crippen LogP contribution in [0.15, 0.2) is 0 Å². The molecule has 2 N–H and O–H groups in total. The summed E-state index contributed by atoms with van der Waals surface area (Å²) in [5.74, 6) is -0.273. The fourth-order valence-corrected chi connectivity index (χ4v) is 2.36. The van der Waals surface area contributed by atoms with Crippen molar-refractivity contribution in [2.24, 2.45) is 0 Å². The van der Waals surface area contributed by atoms with Crippen LogP contribution in [0.3, 0.4) is 0 Å². The van der Waals surface area contributed by atoms with Gasteiger partial charge in [-0.15, -0.1) is 0 Å². The molecule has 1 aliphatic heterocycles. The van der Waals surface area contributed by atoms with Crippen LogP contribution in [0.4, 0.5) is 0 Å². The fraction of sp³-hybridized carbons (Fsp3) is 0.857. The molecule has 1 rings (SSSR count). The van der Waals surface area contributed by atoms with Gasteiger partial charge >= 0.3 is 5.97 Å². The summed E-state index contributed by atoms with van der Waals surface area (Å²) in [6.45, 7) is 8.52. The Balaban J connectivity index is 2.53. The zero-order valence-electron chi connectivity index (χ0n) is 12.8. The minimum absolute atomic E-state index is 0.0186. The molecule has 0 radical (unpaired) electrons. The Morgan fingerprint density at radius 3 is 2.65 bits per heavy atom. The van der Waals surface area contributed by atoms with Crippen molar-refractivity contribution in [1.82, 2.24) is 15.5 Å². The lowest BCUT2D eigenvalue weighted by Gasteiger charge is -2.34. The summed E-state index contributed by atoms with van der Waals surface area (Å²) in [7, 11) is 0. The lowest BCUT2D eigenvalue weighted by atomic mass is 10.1. The molecule has 0 aromatic heterocycles. The van der Waals surface area contributed by atoms with Crippen LogP contribution < -0.4 is 10.6 Å². The topological polar surface area (TPSA) is 70.7 Å². The molecule has 1 fully saturated rings. The van der Waals surface area contributed by atoms with Crippen LogP contribution in [0.1, 0.15) is 33.6 Å². The van der Waals surface area contributed by atoms with Crippen molar-refractivity contribution < 1.29 is 14.3 Å². The second-order valence-corrected chi connectivity index (χ2v) is 5.02. The van der Waals surface area contributed by atoms with E-state index >= 15 is 0 Å². The second kappa shape index (κ2) is 8.92. The number of hydrogen-bond acceptors (Lipinski definition) is 5. The van der Waals surface area contributed by atoms with E-state index in [0.717, 1.165) is 19.4 Å². The lowest BCUT2D eigenvalue weighted by molar-refractivity contribution is -0.150. The van der Waals surface area contributed by atoms with Crippen molar-refractivity contribution in [3.8, 4) is 0 Å². The number of carbonyl (C=O) groups excluding carboxylic acids is 2. The summed E-state index contributed by atoms with van der Waals surface area (Å²) in [6.07, 6.45) is 1.84. The van der Waals surface area contributed by atoms with E-state index < -0.39 is 0 Å². The second-order valence-electron chi connectivity index (χ2n) is 5.02. The molecule has 6 nitrogen and oxygen atoms in total. The Labute approximate surface area is 121 Å². The van der Waals surface area contributed by atoms with E-state index in [1.807, 2.05) is 4.90 Å². The van der Waals surface area contributed by atoms with Crippen LogP contribution in [-0.2, 0) is 14.3 Å². The molecule has 1 unspecified atom stereocenters. The largest absolute Gasteiger partial charge is 0.465 e. The number of rotatable bonds is 7. The van der Waals surface area contributed by atoms with Gasteiger partial charge in [0.05, 0.1) is 13.2 Å². The smallest absolute Gasteiger partial charge is 0.324 e. The third-order valence-electron chi connectivity index (χ3n) is 3.61. The van der Waals surface area contributed by atoms with Gasteiger partial charge in [-0.1, -0.05) is 13.8 Å². The highest BCUT2D eigenvalue weighted by Gasteiger charge is 2.31. The SMILES string of the molecule is CCOC(=O)C1CNCCN1CC(=O)NC(CC)CC. The van der Waals surface area contributed by atoms with Gasteiger partial charge in [0.1, 0.15) is 6.04 Å². The molecule has 1 atom stereocenters. The van der Waals surface area contributed by atoms with Crippen molar-refractivity contribution in [3.05, 3.63) is 0 Å². The minimum Gasteiger partial charge on any atom is -0.465 e. The average molecular weight is 285 g/mol. The number of hydrogen-bond donors (Lipinski definition) is 2. The Hall–Kier alpha value is -1.14. The van der Waals surface area contributed by atoms with Crippen molar-refractivity contribution in [2.45, 2.75) is 45.7 Å². The summed E-state index contributed by atoms with van der Waals surface area (Å²) in [5, 5.41) is 6.17. The van der Waals surface area contributed by atoms with Crippen LogP contribution in [0.5, 0.6) is 0 Å². The van der Waals surface area contributed by atoms with Gasteiger partial charge in [-0.05, 0) is 19.8 Å². The Kier molecular flexibility index (Phi) is 7.54. The third-order valence-corrected chi connectivity index (χ3v) is 3.61. The first-order valence-electron chi connectivity index (χ1n) is 7.53. The van der Waals surface area contributed by atoms with Gasteiger partial charge in [-0.3, -0.25) is 14.5 Å². The van der Waals surface area contributed by atoms with E-state index in [2.05, 4.69) is 24.5 Å². The molecule has 1 amide bonds. The van der Waals surface area contributed by atoms with E-state index in [1.165, 1.54) is 0 Å². The zero-order valence-corrected chi connectivity index (χ0v) is 12.8. The standard InChI is InChI=1S/C14H27N3O3/c1-4-11(5-2)16-13(18)10-17-8-7-15-9-12(17)14(19)20-6-3/h11-12,15H,4-10H2,1-3H3,(H,16,18). The normalized spacial score (nSPS) is 19.9. The number of nitrogens with one attached hydrogen (secondary N) is 2. The van der Waals surface area contributed by atoms with E-state index in [0.29, 0.717) is 19.7 Å². The monoisotopic (exact) mass is 285 g/mol. The maximum absolute atomic E-state index is 12.0. The van der Waals surface area contributed by atoms with Crippen molar-refractivity contribution >= 4 is 11.9 Å². The molecular weight excluding hydrogens is 258 g/mol. The average Bonchev–Trinajstić information content (AvgIpc) is 2.45. The highest BCUT2D eigenvalue weighted by molar-refractivity contribution is 5.81. The molecule has 0 spiro atoms. The van der Waals surface area contributed by atoms with Gasteiger partial charge in [0.2, 0.25) is 5.91 Å². The van der Waals surface area contributed by atoms with E-state index in [4.69, 9.17) is 4.74 Å². The first-order chi connectivity index (χ1) is 9.62. The van der Waals surface area contributed by atoms with Crippen LogP contribution in [0.25, 0.3) is 0 Å². The van der Waals surface area contributed by atoms with Crippen molar-refractivity contribution in [3.63, 3.8) is 0 Å². The number of amides is 1. The quantitative estimate of drug-likeness (QED) is 0.651. The van der Waals surface area contributed by atoms with Gasteiger partial charge in [0.15, 0.2) is 0 Å². The maximum Gasteiger partial charge on any atom is 0.324 e. The van der Waals surface area contributed by atoms with Gasteiger partial charge in [-0.2, -0.15) is 0 Å². The number of piperazine rings is 1. The van der Waals surface area contributed by atoms with E-state index in [-0.39, 0.29) is 30.5 Å². The molecule has 116 valence electrons. The van der Waals surface area contributed by atoms with Crippen LogP contribution in [-0.4, -0.2) is 61.6 Å². The van der Waals surface area contributed by atoms with Crippen LogP contribution in [0, 0.1) is 0 Å². The Bertz CT molecular complexity index is 319. The predicted octanol–water partition coefficient (Wildman–Crippen LogP) is 0.128. The Morgan fingerprint density at radius 2 is 2.05 bits per heavy atom. The third kappa shape index (κ3) is 5.09. The molecule has 0 aromatic rings. The maximum atomic E-state index is 12.0. The molecule has 0 aliphatic carbocycles. The van der Waals surface area contributed by atoms with Crippen molar-refractivity contribution in [2.75, 3.05) is 32.8 Å². The Morgan fingerprint density at radius 1 is 1.35 bits per heavy atom. The van der Waals surface area contributed by atoms with Gasteiger partial charge in [0, 0.05) is 25.7 Å². The van der Waals surface area contributed by atoms with Gasteiger partial charge in [-0.25, -0.2) is 0 Å². The zero-order chi connectivity index (χ0) is 15.0. The molecule has 0 bridgehead atoms. The summed E-state index contributed by atoms with van der Waals surface area (Å²) in [5.41, 5.74) is 0. The summed E-state index contributed by atoms with van der Waals surface area (Å²) >= 11 is 0. The summed E-state index contributed by atoms with van der Waals surface area (Å²) < 4.78 is 5.06. The summed E-state index contributed by atoms with van der Waals surface area (Å²) in [4.78, 5) is 25.8. The molecule has 0 saturated carbocycles. The highest BCUT2D eigenvalue weighted by Crippen LogP contribution is 2.06. The molecule has 6 heteroatoms. The fourth-order valence-electron chi connectivity index (χ4n) is 2.36. The summed E-state index contributed by atoms with van der Waals surface area (Å²) in [6, 6.07) is -0.150. The molecule has 1 saturated heterocycles. The van der Waals surface area contributed by atoms with Crippen LogP contribution >= 0.6 is 0 Å². The molecule has 1 heterocycles. The van der Waals surface area contributed by atoms with Gasteiger partial charge in [0.25, 0.3) is 0 Å². The number of nitrogens with zero attached hydrogens (tertiary/aromatic N) is 1. The molecule has 0 aromatic carbocycles. The predicted molar refractivity (Wildman–Crippen MR) is 77.4 cm³/mol. The minimum atomic E-state index is -0.365. The lowest BCUT2D eigenvalue weighted by Crippen LogP contribution is -2.58. The van der Waals surface area contributed by atoms with Gasteiger partial charge < -0.3 is 15.4 Å². The number of ether oxygens (including phenoxy) is 1. The highest BCUT2D eigenvalue weighted by atomic mass is 16.5.